The monoisotopic (exact) mass is 501 g/mol. The molecule has 0 saturated carbocycles. The number of hydrogen-bond donors (Lipinski definition) is 1. The number of rotatable bonds is 9. The van der Waals surface area contributed by atoms with E-state index in [1.807, 2.05) is 0 Å². The van der Waals surface area contributed by atoms with Crippen LogP contribution in [-0.2, 0) is 42.9 Å². The smallest absolute Gasteiger partial charge is 0.408 e. The van der Waals surface area contributed by atoms with Crippen LogP contribution in [0.2, 0.25) is 0 Å². The molecule has 200 valence electrons. The molecule has 1 aliphatic heterocycles. The number of esters is 3. The van der Waals surface area contributed by atoms with Gasteiger partial charge in [-0.2, -0.15) is 0 Å². The molecule has 11 nitrogen and oxygen atoms in total. The minimum atomic E-state index is -1.24. The summed E-state index contributed by atoms with van der Waals surface area (Å²) >= 11 is 0. The lowest BCUT2D eigenvalue weighted by Crippen LogP contribution is -2.48. The predicted octanol–water partition coefficient (Wildman–Crippen LogP) is 2.61. The molecule has 35 heavy (non-hydrogen) atoms. The van der Waals surface area contributed by atoms with Crippen LogP contribution < -0.4 is 5.32 Å². The Bertz CT molecular complexity index is 780. The van der Waals surface area contributed by atoms with Gasteiger partial charge in [0.25, 0.3) is 0 Å². The first kappa shape index (κ1) is 30.3. The van der Waals surface area contributed by atoms with Gasteiger partial charge in [-0.1, -0.05) is 0 Å². The summed E-state index contributed by atoms with van der Waals surface area (Å²) in [7, 11) is 0. The molecule has 0 spiro atoms. The highest BCUT2D eigenvalue weighted by molar-refractivity contribution is 5.89. The maximum absolute atomic E-state index is 12.8. The minimum absolute atomic E-state index is 0.0569. The first-order valence-electron chi connectivity index (χ1n) is 11.7. The lowest BCUT2D eigenvalue weighted by atomic mass is 9.96. The number of carbonyl (C=O) groups excluding carboxylic acids is 5. The zero-order chi connectivity index (χ0) is 27.0. The first-order chi connectivity index (χ1) is 15.9. The normalized spacial score (nSPS) is 21.3. The van der Waals surface area contributed by atoms with Gasteiger partial charge in [0, 0.05) is 26.7 Å². The summed E-state index contributed by atoms with van der Waals surface area (Å²) in [5.74, 6) is -2.11. The molecular formula is C24H39NO10. The molecule has 0 radical (unpaired) electrons. The van der Waals surface area contributed by atoms with Crippen LogP contribution in [0.1, 0.15) is 81.1 Å². The third kappa shape index (κ3) is 13.1. The third-order valence-corrected chi connectivity index (χ3v) is 4.59. The van der Waals surface area contributed by atoms with Crippen molar-refractivity contribution in [3.63, 3.8) is 0 Å². The van der Waals surface area contributed by atoms with E-state index in [1.165, 1.54) is 13.8 Å². The van der Waals surface area contributed by atoms with Crippen molar-refractivity contribution in [3.8, 4) is 0 Å². The Morgan fingerprint density at radius 2 is 1.51 bits per heavy atom. The van der Waals surface area contributed by atoms with Crippen molar-refractivity contribution in [1.29, 1.82) is 0 Å². The van der Waals surface area contributed by atoms with Crippen LogP contribution in [0.15, 0.2) is 0 Å². The number of ketones is 1. The molecule has 0 bridgehead atoms. The summed E-state index contributed by atoms with van der Waals surface area (Å²) in [5.41, 5.74) is -1.62. The Morgan fingerprint density at radius 1 is 0.914 bits per heavy atom. The second-order valence-electron chi connectivity index (χ2n) is 10.5. The number of Topliss-reactive ketones (excluding diaryl/α,β-unsaturated/α-hetero) is 1. The van der Waals surface area contributed by atoms with Crippen LogP contribution in [-0.4, -0.2) is 71.9 Å². The van der Waals surface area contributed by atoms with Crippen molar-refractivity contribution in [2.75, 3.05) is 6.61 Å². The topological polar surface area (TPSA) is 144 Å². The summed E-state index contributed by atoms with van der Waals surface area (Å²) in [5, 5.41) is 2.42. The van der Waals surface area contributed by atoms with E-state index in [0.29, 0.717) is 12.8 Å². The minimum Gasteiger partial charge on any atom is -0.463 e. The number of nitrogens with one attached hydrogen (secondary N) is 1. The van der Waals surface area contributed by atoms with Gasteiger partial charge in [-0.15, -0.1) is 0 Å². The fourth-order valence-corrected chi connectivity index (χ4v) is 3.36. The van der Waals surface area contributed by atoms with Crippen LogP contribution in [0.3, 0.4) is 0 Å². The zero-order valence-corrected chi connectivity index (χ0v) is 21.9. The van der Waals surface area contributed by atoms with Crippen LogP contribution in [0.4, 0.5) is 4.79 Å². The quantitative estimate of drug-likeness (QED) is 0.370. The Hall–Kier alpha value is -2.69. The third-order valence-electron chi connectivity index (χ3n) is 4.59. The molecule has 1 amide bonds. The molecule has 4 atom stereocenters. The van der Waals surface area contributed by atoms with E-state index in [1.54, 1.807) is 41.5 Å². The van der Waals surface area contributed by atoms with Gasteiger partial charge in [0.15, 0.2) is 0 Å². The van der Waals surface area contributed by atoms with Gasteiger partial charge in [-0.3, -0.25) is 14.4 Å². The molecule has 0 aromatic heterocycles. The fourth-order valence-electron chi connectivity index (χ4n) is 3.36. The van der Waals surface area contributed by atoms with Gasteiger partial charge in [0.05, 0.1) is 6.10 Å². The van der Waals surface area contributed by atoms with Gasteiger partial charge in [-0.05, 0) is 54.4 Å². The predicted molar refractivity (Wildman–Crippen MR) is 123 cm³/mol. The van der Waals surface area contributed by atoms with Gasteiger partial charge < -0.3 is 29.0 Å². The average Bonchev–Trinajstić information content (AvgIpc) is 2.64. The standard InChI is InChI=1S/C24H39NO10/c1-14(26)31-13-20-19(32-15(2)27)10-9-17(33-20)11-16(28)12-18(21(29)34-23(3,4)5)25-22(30)35-24(6,7)8/h17-20H,9-13H2,1-8H3,(H,25,30)/t17-,18-,19-,20+/m0/s1. The van der Waals surface area contributed by atoms with Crippen LogP contribution >= 0.6 is 0 Å². The Labute approximate surface area is 206 Å². The van der Waals surface area contributed by atoms with E-state index in [-0.39, 0.29) is 25.2 Å². The molecule has 1 heterocycles. The van der Waals surface area contributed by atoms with Gasteiger partial charge >= 0.3 is 24.0 Å². The molecule has 1 N–H and O–H groups in total. The molecule has 11 heteroatoms. The van der Waals surface area contributed by atoms with Crippen LogP contribution in [0.25, 0.3) is 0 Å². The van der Waals surface area contributed by atoms with Crippen LogP contribution in [0, 0.1) is 0 Å². The summed E-state index contributed by atoms with van der Waals surface area (Å²) < 4.78 is 26.7. The molecule has 0 aliphatic carbocycles. The van der Waals surface area contributed by atoms with E-state index in [4.69, 9.17) is 23.7 Å². The lowest BCUT2D eigenvalue weighted by molar-refractivity contribution is -0.182. The number of carbonyl (C=O) groups is 5. The highest BCUT2D eigenvalue weighted by Gasteiger charge is 2.36. The number of ether oxygens (including phenoxy) is 5. The van der Waals surface area contributed by atoms with E-state index >= 15 is 0 Å². The molecule has 0 aromatic rings. The average molecular weight is 502 g/mol. The van der Waals surface area contributed by atoms with E-state index in [0.717, 1.165) is 0 Å². The van der Waals surface area contributed by atoms with Crippen molar-refractivity contribution >= 4 is 29.8 Å². The van der Waals surface area contributed by atoms with Crippen molar-refractivity contribution in [2.24, 2.45) is 0 Å². The second kappa shape index (κ2) is 12.9. The van der Waals surface area contributed by atoms with E-state index in [9.17, 15) is 24.0 Å². The van der Waals surface area contributed by atoms with Gasteiger partial charge in [-0.25, -0.2) is 9.59 Å². The fraction of sp³-hybridized carbons (Fsp3) is 0.792. The number of hydrogen-bond acceptors (Lipinski definition) is 10. The van der Waals surface area contributed by atoms with Gasteiger partial charge in [0.1, 0.15) is 41.8 Å². The second-order valence-corrected chi connectivity index (χ2v) is 10.5. The van der Waals surface area contributed by atoms with Crippen molar-refractivity contribution in [1.82, 2.24) is 5.32 Å². The maximum Gasteiger partial charge on any atom is 0.408 e. The maximum atomic E-state index is 12.8. The summed E-state index contributed by atoms with van der Waals surface area (Å²) in [6.07, 6.45) is -2.28. The molecule has 0 unspecified atom stereocenters. The van der Waals surface area contributed by atoms with E-state index in [2.05, 4.69) is 5.32 Å². The molecule has 0 aromatic carbocycles. The summed E-state index contributed by atoms with van der Waals surface area (Å²) in [6, 6.07) is -1.24. The van der Waals surface area contributed by atoms with Gasteiger partial charge in [0.2, 0.25) is 0 Å². The van der Waals surface area contributed by atoms with Crippen molar-refractivity contribution < 1.29 is 47.7 Å². The molecular weight excluding hydrogens is 462 g/mol. The van der Waals surface area contributed by atoms with Crippen LogP contribution in [0.5, 0.6) is 0 Å². The number of alkyl carbamates (subject to hydrolysis) is 1. The lowest BCUT2D eigenvalue weighted by Gasteiger charge is -2.35. The highest BCUT2D eigenvalue weighted by atomic mass is 16.6. The molecule has 1 fully saturated rings. The molecule has 1 saturated heterocycles. The summed E-state index contributed by atoms with van der Waals surface area (Å²) in [6.45, 7) is 12.5. The largest absolute Gasteiger partial charge is 0.463 e. The summed E-state index contributed by atoms with van der Waals surface area (Å²) in [4.78, 5) is 60.3. The molecule has 1 rings (SSSR count). The highest BCUT2D eigenvalue weighted by Crippen LogP contribution is 2.26. The SMILES string of the molecule is CC(=O)OC[C@H]1O[C@H](CC(=O)C[C@H](NC(=O)OC(C)(C)C)C(=O)OC(C)(C)C)CC[C@@H]1OC(C)=O. The van der Waals surface area contributed by atoms with Crippen molar-refractivity contribution in [3.05, 3.63) is 0 Å². The molecule has 1 aliphatic rings. The Kier molecular flexibility index (Phi) is 11.1. The first-order valence-corrected chi connectivity index (χ1v) is 11.7. The van der Waals surface area contributed by atoms with E-state index < -0.39 is 59.6 Å². The Morgan fingerprint density at radius 3 is 2.03 bits per heavy atom. The zero-order valence-electron chi connectivity index (χ0n) is 21.9. The van der Waals surface area contributed by atoms with Crippen molar-refractivity contribution in [2.45, 2.75) is 117 Å². The number of amides is 1. The Balaban J connectivity index is 2.84.